The lowest BCUT2D eigenvalue weighted by molar-refractivity contribution is 0.0179. The minimum absolute atomic E-state index is 0.221. The number of anilines is 1. The standard InChI is InChI=1S/C25H36N4O3/c1-25(2,3)32-24(30)29(4)21-10-8-20(9-11-21)27-16-19-14-17(6-12-22(19)31-5)18-7-13-23(26)28-15-18/h6-7,12-15,20-21,27H,8-11,16H2,1-5H3,(H2,26,28)/t20-,21-. The lowest BCUT2D eigenvalue weighted by Gasteiger charge is -2.35. The van der Waals surface area contributed by atoms with Crippen LogP contribution in [-0.4, -0.2) is 47.8 Å². The fourth-order valence-corrected chi connectivity index (χ4v) is 4.08. The lowest BCUT2D eigenvalue weighted by Crippen LogP contribution is -2.44. The first kappa shape index (κ1) is 23.9. The summed E-state index contributed by atoms with van der Waals surface area (Å²) in [4.78, 5) is 18.3. The van der Waals surface area contributed by atoms with Gasteiger partial charge in [-0.1, -0.05) is 6.07 Å². The Kier molecular flexibility index (Phi) is 7.61. The maximum absolute atomic E-state index is 12.4. The van der Waals surface area contributed by atoms with Crippen LogP contribution >= 0.6 is 0 Å². The van der Waals surface area contributed by atoms with Gasteiger partial charge in [-0.3, -0.25) is 0 Å². The number of nitrogens with zero attached hydrogens (tertiary/aromatic N) is 2. The summed E-state index contributed by atoms with van der Waals surface area (Å²) in [6.45, 7) is 6.41. The van der Waals surface area contributed by atoms with Crippen molar-refractivity contribution in [2.75, 3.05) is 19.9 Å². The Labute approximate surface area is 191 Å². The van der Waals surface area contributed by atoms with Crippen LogP contribution in [0.5, 0.6) is 5.75 Å². The van der Waals surface area contributed by atoms with E-state index in [1.54, 1.807) is 18.2 Å². The summed E-state index contributed by atoms with van der Waals surface area (Å²) in [6, 6.07) is 10.6. The summed E-state index contributed by atoms with van der Waals surface area (Å²) >= 11 is 0. The average molecular weight is 441 g/mol. The minimum atomic E-state index is -0.472. The number of pyridine rings is 1. The molecule has 1 aliphatic rings. The summed E-state index contributed by atoms with van der Waals surface area (Å²) in [5.74, 6) is 1.38. The number of carbonyl (C=O) groups is 1. The normalized spacial score (nSPS) is 18.8. The largest absolute Gasteiger partial charge is 0.496 e. The van der Waals surface area contributed by atoms with Crippen molar-refractivity contribution in [2.24, 2.45) is 0 Å². The van der Waals surface area contributed by atoms with Gasteiger partial charge in [-0.15, -0.1) is 0 Å². The Hall–Kier alpha value is -2.80. The summed E-state index contributed by atoms with van der Waals surface area (Å²) in [5.41, 5.74) is 8.45. The number of hydrogen-bond donors (Lipinski definition) is 2. The maximum Gasteiger partial charge on any atom is 0.410 e. The van der Waals surface area contributed by atoms with Crippen molar-refractivity contribution in [3.05, 3.63) is 42.1 Å². The molecule has 0 bridgehead atoms. The van der Waals surface area contributed by atoms with Crippen LogP contribution in [0.4, 0.5) is 10.6 Å². The molecule has 7 heteroatoms. The molecule has 1 amide bonds. The van der Waals surface area contributed by atoms with Crippen molar-refractivity contribution in [3.8, 4) is 16.9 Å². The zero-order chi connectivity index (χ0) is 23.3. The molecule has 1 aromatic heterocycles. The van der Waals surface area contributed by atoms with Crippen LogP contribution in [0.2, 0.25) is 0 Å². The molecule has 0 unspecified atom stereocenters. The van der Waals surface area contributed by atoms with Crippen molar-refractivity contribution >= 4 is 11.9 Å². The third kappa shape index (κ3) is 6.36. The van der Waals surface area contributed by atoms with E-state index in [4.69, 9.17) is 15.2 Å². The Balaban J connectivity index is 1.56. The van der Waals surface area contributed by atoms with Crippen LogP contribution in [-0.2, 0) is 11.3 Å². The highest BCUT2D eigenvalue weighted by Crippen LogP contribution is 2.28. The third-order valence-electron chi connectivity index (χ3n) is 5.91. The van der Waals surface area contributed by atoms with E-state index in [1.807, 2.05) is 52.1 Å². The van der Waals surface area contributed by atoms with Crippen molar-refractivity contribution in [1.29, 1.82) is 0 Å². The van der Waals surface area contributed by atoms with Gasteiger partial charge in [0.2, 0.25) is 0 Å². The van der Waals surface area contributed by atoms with Gasteiger partial charge in [0.15, 0.2) is 0 Å². The average Bonchev–Trinajstić information content (AvgIpc) is 2.76. The van der Waals surface area contributed by atoms with Crippen LogP contribution in [0.25, 0.3) is 11.1 Å². The molecule has 0 aliphatic heterocycles. The molecule has 0 atom stereocenters. The Bertz CT molecular complexity index is 900. The van der Waals surface area contributed by atoms with Gasteiger partial charge in [0.25, 0.3) is 0 Å². The number of amides is 1. The van der Waals surface area contributed by atoms with Gasteiger partial charge in [0.05, 0.1) is 7.11 Å². The highest BCUT2D eigenvalue weighted by molar-refractivity contribution is 5.68. The zero-order valence-corrected chi connectivity index (χ0v) is 19.9. The fraction of sp³-hybridized carbons (Fsp3) is 0.520. The van der Waals surface area contributed by atoms with Gasteiger partial charge < -0.3 is 25.4 Å². The van der Waals surface area contributed by atoms with E-state index in [0.29, 0.717) is 11.9 Å². The molecule has 1 aliphatic carbocycles. The zero-order valence-electron chi connectivity index (χ0n) is 19.9. The summed E-state index contributed by atoms with van der Waals surface area (Å²) in [5, 5.41) is 3.68. The highest BCUT2D eigenvalue weighted by atomic mass is 16.6. The Morgan fingerprint density at radius 1 is 1.16 bits per heavy atom. The second-order valence-electron chi connectivity index (χ2n) is 9.48. The number of carbonyl (C=O) groups excluding carboxylic acids is 1. The van der Waals surface area contributed by atoms with Gasteiger partial charge in [0, 0.05) is 43.0 Å². The molecule has 0 saturated heterocycles. The highest BCUT2D eigenvalue weighted by Gasteiger charge is 2.29. The molecule has 1 fully saturated rings. The summed E-state index contributed by atoms with van der Waals surface area (Å²) in [6.07, 6.45) is 5.50. The van der Waals surface area contributed by atoms with Gasteiger partial charge >= 0.3 is 6.09 Å². The first-order valence-corrected chi connectivity index (χ1v) is 11.2. The van der Waals surface area contributed by atoms with Gasteiger partial charge in [0.1, 0.15) is 17.2 Å². The SMILES string of the molecule is COc1ccc(-c2ccc(N)nc2)cc1CN[C@H]1CC[C@H](N(C)C(=O)OC(C)(C)C)CC1. The molecule has 1 aromatic carbocycles. The van der Waals surface area contributed by atoms with E-state index in [9.17, 15) is 4.79 Å². The van der Waals surface area contributed by atoms with Crippen molar-refractivity contribution in [1.82, 2.24) is 15.2 Å². The number of methoxy groups -OCH3 is 1. The van der Waals surface area contributed by atoms with Crippen molar-refractivity contribution < 1.29 is 14.3 Å². The number of nitrogen functional groups attached to an aromatic ring is 1. The molecular formula is C25H36N4O3. The number of aromatic nitrogens is 1. The van der Waals surface area contributed by atoms with Crippen LogP contribution in [0.1, 0.15) is 52.0 Å². The van der Waals surface area contributed by atoms with Crippen LogP contribution in [0.3, 0.4) is 0 Å². The van der Waals surface area contributed by atoms with Gasteiger partial charge in [-0.25, -0.2) is 9.78 Å². The smallest absolute Gasteiger partial charge is 0.410 e. The molecular weight excluding hydrogens is 404 g/mol. The molecule has 174 valence electrons. The van der Waals surface area contributed by atoms with Gasteiger partial charge in [-0.2, -0.15) is 0 Å². The Morgan fingerprint density at radius 3 is 2.44 bits per heavy atom. The molecule has 0 radical (unpaired) electrons. The van der Waals surface area contributed by atoms with E-state index in [-0.39, 0.29) is 12.1 Å². The first-order valence-electron chi connectivity index (χ1n) is 11.2. The van der Waals surface area contributed by atoms with E-state index in [0.717, 1.165) is 54.7 Å². The molecule has 7 nitrogen and oxygen atoms in total. The third-order valence-corrected chi connectivity index (χ3v) is 5.91. The lowest BCUT2D eigenvalue weighted by atomic mass is 9.90. The molecule has 32 heavy (non-hydrogen) atoms. The van der Waals surface area contributed by atoms with Crippen molar-refractivity contribution in [3.63, 3.8) is 0 Å². The predicted octanol–water partition coefficient (Wildman–Crippen LogP) is 4.61. The van der Waals surface area contributed by atoms with Crippen LogP contribution in [0.15, 0.2) is 36.5 Å². The van der Waals surface area contributed by atoms with E-state index in [2.05, 4.69) is 16.4 Å². The number of nitrogens with two attached hydrogens (primary N) is 1. The first-order chi connectivity index (χ1) is 15.2. The van der Waals surface area contributed by atoms with Gasteiger partial charge in [-0.05, 0) is 76.3 Å². The summed E-state index contributed by atoms with van der Waals surface area (Å²) < 4.78 is 11.1. The summed E-state index contributed by atoms with van der Waals surface area (Å²) in [7, 11) is 3.54. The number of nitrogens with one attached hydrogen (secondary N) is 1. The minimum Gasteiger partial charge on any atom is -0.496 e. The Morgan fingerprint density at radius 2 is 1.84 bits per heavy atom. The molecule has 3 N–H and O–H groups in total. The molecule has 2 aromatic rings. The number of hydrogen-bond acceptors (Lipinski definition) is 6. The molecule has 1 heterocycles. The molecule has 0 spiro atoms. The molecule has 1 saturated carbocycles. The second kappa shape index (κ2) is 10.2. The topological polar surface area (TPSA) is 89.7 Å². The van der Waals surface area contributed by atoms with Crippen molar-refractivity contribution in [2.45, 2.75) is 70.7 Å². The fourth-order valence-electron chi connectivity index (χ4n) is 4.08. The number of benzene rings is 1. The second-order valence-corrected chi connectivity index (χ2v) is 9.48. The monoisotopic (exact) mass is 440 g/mol. The predicted molar refractivity (Wildman–Crippen MR) is 128 cm³/mol. The van der Waals surface area contributed by atoms with E-state index in [1.165, 1.54) is 0 Å². The van der Waals surface area contributed by atoms with Crippen LogP contribution < -0.4 is 15.8 Å². The number of rotatable bonds is 6. The quantitative estimate of drug-likeness (QED) is 0.682. The maximum atomic E-state index is 12.4. The number of ether oxygens (including phenoxy) is 2. The van der Waals surface area contributed by atoms with Crippen LogP contribution in [0, 0.1) is 0 Å². The molecule has 3 rings (SSSR count). The van der Waals surface area contributed by atoms with E-state index >= 15 is 0 Å². The van der Waals surface area contributed by atoms with E-state index < -0.39 is 5.60 Å².